The number of likely N-dealkylation sites (tertiary alicyclic amines) is 1. The summed E-state index contributed by atoms with van der Waals surface area (Å²) in [5, 5.41) is 6.83. The van der Waals surface area contributed by atoms with Gasteiger partial charge in [0.05, 0.1) is 0 Å². The summed E-state index contributed by atoms with van der Waals surface area (Å²) < 4.78 is 0. The fourth-order valence-corrected chi connectivity index (χ4v) is 3.83. The van der Waals surface area contributed by atoms with Gasteiger partial charge >= 0.3 is 0 Å². The quantitative estimate of drug-likeness (QED) is 0.788. The second kappa shape index (κ2) is 8.14. The van der Waals surface area contributed by atoms with Gasteiger partial charge in [0, 0.05) is 45.2 Å². The van der Waals surface area contributed by atoms with E-state index in [4.69, 9.17) is 0 Å². The second-order valence-electron chi connectivity index (χ2n) is 7.33. The number of carbonyl (C=O) groups excluding carboxylic acids is 1. The molecule has 2 atom stereocenters. The van der Waals surface area contributed by atoms with E-state index >= 15 is 0 Å². The Morgan fingerprint density at radius 1 is 1.19 bits per heavy atom. The molecule has 4 heteroatoms. The molecule has 0 aromatic rings. The zero-order chi connectivity index (χ0) is 15.2. The predicted octanol–water partition coefficient (Wildman–Crippen LogP) is 2.00. The first kappa shape index (κ1) is 16.8. The molecule has 122 valence electrons. The van der Waals surface area contributed by atoms with E-state index in [2.05, 4.69) is 29.4 Å². The molecule has 1 aliphatic carbocycles. The van der Waals surface area contributed by atoms with Crippen molar-refractivity contribution in [1.82, 2.24) is 15.5 Å². The van der Waals surface area contributed by atoms with Crippen molar-refractivity contribution < 1.29 is 4.79 Å². The van der Waals surface area contributed by atoms with Crippen molar-refractivity contribution in [1.29, 1.82) is 0 Å². The summed E-state index contributed by atoms with van der Waals surface area (Å²) in [6.07, 6.45) is 6.81. The van der Waals surface area contributed by atoms with E-state index < -0.39 is 0 Å². The molecule has 2 fully saturated rings. The third-order valence-corrected chi connectivity index (χ3v) is 5.13. The van der Waals surface area contributed by atoms with Crippen molar-refractivity contribution in [2.75, 3.05) is 26.2 Å². The van der Waals surface area contributed by atoms with E-state index in [0.717, 1.165) is 37.5 Å². The fourth-order valence-electron chi connectivity index (χ4n) is 3.83. The summed E-state index contributed by atoms with van der Waals surface area (Å²) in [6.45, 7) is 10.3. The van der Waals surface area contributed by atoms with Crippen LogP contribution in [0.4, 0.5) is 0 Å². The summed E-state index contributed by atoms with van der Waals surface area (Å²) in [5.74, 6) is 1.59. The van der Waals surface area contributed by atoms with Crippen molar-refractivity contribution in [3.8, 4) is 0 Å². The lowest BCUT2D eigenvalue weighted by Crippen LogP contribution is -2.53. The first-order valence-corrected chi connectivity index (χ1v) is 8.77. The molecular weight excluding hydrogens is 262 g/mol. The SMILES string of the molecule is CC(=O)NCCN1CC(NC2CCCC2)CC(C(C)C)C1. The molecule has 1 heterocycles. The standard InChI is InChI=1S/C17H33N3O/c1-13(2)15-10-17(19-16-6-4-5-7-16)12-20(11-15)9-8-18-14(3)21/h13,15-17,19H,4-12H2,1-3H3,(H,18,21). The Kier molecular flexibility index (Phi) is 6.49. The topological polar surface area (TPSA) is 44.4 Å². The highest BCUT2D eigenvalue weighted by Crippen LogP contribution is 2.26. The van der Waals surface area contributed by atoms with Crippen LogP contribution in [0, 0.1) is 11.8 Å². The van der Waals surface area contributed by atoms with Crippen molar-refractivity contribution in [3.05, 3.63) is 0 Å². The van der Waals surface area contributed by atoms with Crippen molar-refractivity contribution in [2.24, 2.45) is 11.8 Å². The van der Waals surface area contributed by atoms with Crippen molar-refractivity contribution >= 4 is 5.91 Å². The highest BCUT2D eigenvalue weighted by molar-refractivity contribution is 5.72. The van der Waals surface area contributed by atoms with E-state index in [1.165, 1.54) is 38.6 Å². The third-order valence-electron chi connectivity index (χ3n) is 5.13. The number of carbonyl (C=O) groups is 1. The van der Waals surface area contributed by atoms with Gasteiger partial charge < -0.3 is 10.6 Å². The summed E-state index contributed by atoms with van der Waals surface area (Å²) in [7, 11) is 0. The minimum Gasteiger partial charge on any atom is -0.355 e. The van der Waals surface area contributed by atoms with Crippen LogP contribution in [0.5, 0.6) is 0 Å². The van der Waals surface area contributed by atoms with Crippen LogP contribution < -0.4 is 10.6 Å². The number of piperidine rings is 1. The number of hydrogen-bond donors (Lipinski definition) is 2. The fraction of sp³-hybridized carbons (Fsp3) is 0.941. The van der Waals surface area contributed by atoms with Gasteiger partial charge in [0.25, 0.3) is 0 Å². The third kappa shape index (κ3) is 5.59. The van der Waals surface area contributed by atoms with Gasteiger partial charge in [0.1, 0.15) is 0 Å². The van der Waals surface area contributed by atoms with E-state index in [0.29, 0.717) is 6.04 Å². The maximum absolute atomic E-state index is 11.0. The zero-order valence-electron chi connectivity index (χ0n) is 14.0. The number of rotatable bonds is 6. The van der Waals surface area contributed by atoms with Gasteiger partial charge in [-0.3, -0.25) is 9.69 Å². The van der Waals surface area contributed by atoms with Gasteiger partial charge in [0.2, 0.25) is 5.91 Å². The zero-order valence-corrected chi connectivity index (χ0v) is 14.0. The lowest BCUT2D eigenvalue weighted by molar-refractivity contribution is -0.119. The van der Waals surface area contributed by atoms with Crippen LogP contribution in [0.15, 0.2) is 0 Å². The molecule has 0 aromatic carbocycles. The molecule has 2 aliphatic rings. The number of amides is 1. The van der Waals surface area contributed by atoms with Gasteiger partial charge in [-0.05, 0) is 31.1 Å². The Labute approximate surface area is 130 Å². The average Bonchev–Trinajstić information content (AvgIpc) is 2.91. The van der Waals surface area contributed by atoms with Crippen molar-refractivity contribution in [3.63, 3.8) is 0 Å². The van der Waals surface area contributed by atoms with Gasteiger partial charge in [-0.1, -0.05) is 26.7 Å². The monoisotopic (exact) mass is 295 g/mol. The van der Waals surface area contributed by atoms with Gasteiger partial charge in [0.15, 0.2) is 0 Å². The summed E-state index contributed by atoms with van der Waals surface area (Å²) >= 11 is 0. The molecule has 2 unspecified atom stereocenters. The maximum atomic E-state index is 11.0. The van der Waals surface area contributed by atoms with Crippen molar-refractivity contribution in [2.45, 2.75) is 65.0 Å². The molecule has 2 N–H and O–H groups in total. The van der Waals surface area contributed by atoms with Crippen LogP contribution in [0.2, 0.25) is 0 Å². The summed E-state index contributed by atoms with van der Waals surface area (Å²) in [5.41, 5.74) is 0. The first-order valence-electron chi connectivity index (χ1n) is 8.77. The van der Waals surface area contributed by atoms with Crippen LogP contribution in [0.1, 0.15) is 52.9 Å². The van der Waals surface area contributed by atoms with Crippen LogP contribution in [0.25, 0.3) is 0 Å². The van der Waals surface area contributed by atoms with Crippen LogP contribution in [-0.2, 0) is 4.79 Å². The average molecular weight is 295 g/mol. The molecule has 2 rings (SSSR count). The van der Waals surface area contributed by atoms with Crippen LogP contribution >= 0.6 is 0 Å². The first-order chi connectivity index (χ1) is 10.0. The molecular formula is C17H33N3O. The Balaban J connectivity index is 1.83. The van der Waals surface area contributed by atoms with Gasteiger partial charge in [-0.2, -0.15) is 0 Å². The smallest absolute Gasteiger partial charge is 0.216 e. The lowest BCUT2D eigenvalue weighted by atomic mass is 9.85. The maximum Gasteiger partial charge on any atom is 0.216 e. The number of hydrogen-bond acceptors (Lipinski definition) is 3. The van der Waals surface area contributed by atoms with E-state index in [1.54, 1.807) is 6.92 Å². The molecule has 21 heavy (non-hydrogen) atoms. The Morgan fingerprint density at radius 2 is 1.90 bits per heavy atom. The Bertz CT molecular complexity index is 324. The molecule has 0 aromatic heterocycles. The summed E-state index contributed by atoms with van der Waals surface area (Å²) in [4.78, 5) is 13.5. The van der Waals surface area contributed by atoms with E-state index in [1.807, 2.05) is 0 Å². The molecule has 0 bridgehead atoms. The lowest BCUT2D eigenvalue weighted by Gasteiger charge is -2.41. The predicted molar refractivity (Wildman–Crippen MR) is 87.2 cm³/mol. The molecule has 1 saturated heterocycles. The minimum absolute atomic E-state index is 0.0769. The van der Waals surface area contributed by atoms with E-state index in [9.17, 15) is 4.79 Å². The molecule has 1 amide bonds. The number of nitrogens with zero attached hydrogens (tertiary/aromatic N) is 1. The highest BCUT2D eigenvalue weighted by Gasteiger charge is 2.30. The number of nitrogens with one attached hydrogen (secondary N) is 2. The van der Waals surface area contributed by atoms with Crippen LogP contribution in [0.3, 0.4) is 0 Å². The minimum atomic E-state index is 0.0769. The van der Waals surface area contributed by atoms with Gasteiger partial charge in [-0.15, -0.1) is 0 Å². The van der Waals surface area contributed by atoms with Gasteiger partial charge in [-0.25, -0.2) is 0 Å². The molecule has 0 radical (unpaired) electrons. The second-order valence-corrected chi connectivity index (χ2v) is 7.33. The Morgan fingerprint density at radius 3 is 2.52 bits per heavy atom. The molecule has 0 spiro atoms. The summed E-state index contributed by atoms with van der Waals surface area (Å²) in [6, 6.07) is 1.38. The molecule has 1 aliphatic heterocycles. The molecule has 1 saturated carbocycles. The largest absolute Gasteiger partial charge is 0.355 e. The van der Waals surface area contributed by atoms with E-state index in [-0.39, 0.29) is 5.91 Å². The highest BCUT2D eigenvalue weighted by atomic mass is 16.1. The molecule has 4 nitrogen and oxygen atoms in total. The van der Waals surface area contributed by atoms with Crippen LogP contribution in [-0.4, -0.2) is 49.1 Å². The Hall–Kier alpha value is -0.610. The normalized spacial score (nSPS) is 28.2.